The minimum atomic E-state index is -0.968. The van der Waals surface area contributed by atoms with Crippen LogP contribution in [0, 0.1) is 6.92 Å². The fraction of sp³-hybridized carbons (Fsp3) is 0.240. The lowest BCUT2D eigenvalue weighted by Crippen LogP contribution is -2.25. The molecule has 0 aliphatic heterocycles. The van der Waals surface area contributed by atoms with Crippen molar-refractivity contribution in [2.24, 2.45) is 0 Å². The highest BCUT2D eigenvalue weighted by Crippen LogP contribution is 2.31. The largest absolute Gasteiger partial charge is 0.494 e. The van der Waals surface area contributed by atoms with Gasteiger partial charge in [0.15, 0.2) is 0 Å². The topological polar surface area (TPSA) is 81.4 Å². The number of aromatic nitrogens is 2. The molecule has 7 heteroatoms. The Morgan fingerprint density at radius 3 is 2.50 bits per heavy atom. The highest BCUT2D eigenvalue weighted by atomic mass is 32.1. The summed E-state index contributed by atoms with van der Waals surface area (Å²) < 4.78 is 7.48. The molecular weight excluding hydrogens is 424 g/mol. The third-order valence-corrected chi connectivity index (χ3v) is 6.22. The lowest BCUT2D eigenvalue weighted by Gasteiger charge is -2.12. The van der Waals surface area contributed by atoms with Crippen LogP contribution >= 0.6 is 11.3 Å². The molecule has 0 saturated carbocycles. The van der Waals surface area contributed by atoms with Gasteiger partial charge in [-0.05, 0) is 43.2 Å². The van der Waals surface area contributed by atoms with E-state index < -0.39 is 5.97 Å². The Bertz CT molecular complexity index is 1310. The highest BCUT2D eigenvalue weighted by Gasteiger charge is 2.16. The molecule has 2 aromatic heterocycles. The van der Waals surface area contributed by atoms with Crippen molar-refractivity contribution in [3.8, 4) is 16.9 Å². The second kappa shape index (κ2) is 9.36. The first-order valence-corrected chi connectivity index (χ1v) is 11.4. The molecule has 0 amide bonds. The number of aromatic carboxylic acids is 1. The van der Waals surface area contributed by atoms with Crippen molar-refractivity contribution in [3.05, 3.63) is 81.2 Å². The Kier molecular flexibility index (Phi) is 6.37. The highest BCUT2D eigenvalue weighted by molar-refractivity contribution is 7.17. The quantitative estimate of drug-likeness (QED) is 0.377. The number of ether oxygens (including phenoxy) is 1. The molecule has 0 aliphatic carbocycles. The molecular formula is C25H24N2O4S. The first-order valence-electron chi connectivity index (χ1n) is 10.5. The summed E-state index contributed by atoms with van der Waals surface area (Å²) in [5.74, 6) is 0.404. The van der Waals surface area contributed by atoms with Crippen molar-refractivity contribution in [2.45, 2.75) is 33.2 Å². The number of hydrogen-bond donors (Lipinski definition) is 1. The number of thiophene rings is 1. The SMILES string of the molecule is CCc1nc2scc(-c3ccc(C)cc3)c2c(=O)n1CCCOc1ccc(C(=O)O)cc1. The van der Waals surface area contributed by atoms with Gasteiger partial charge in [0.1, 0.15) is 16.4 Å². The summed E-state index contributed by atoms with van der Waals surface area (Å²) in [6.45, 7) is 4.95. The normalized spacial score (nSPS) is 11.1. The zero-order valence-corrected chi connectivity index (χ0v) is 18.8. The van der Waals surface area contributed by atoms with Crippen LogP contribution in [0.4, 0.5) is 0 Å². The van der Waals surface area contributed by atoms with E-state index in [1.54, 1.807) is 16.7 Å². The molecule has 164 valence electrons. The van der Waals surface area contributed by atoms with Gasteiger partial charge in [0, 0.05) is 23.9 Å². The van der Waals surface area contributed by atoms with Crippen LogP contribution in [0.2, 0.25) is 0 Å². The van der Waals surface area contributed by atoms with Gasteiger partial charge in [-0.25, -0.2) is 9.78 Å². The van der Waals surface area contributed by atoms with Crippen LogP contribution in [0.5, 0.6) is 5.75 Å². The average Bonchev–Trinajstić information content (AvgIpc) is 3.22. The van der Waals surface area contributed by atoms with Gasteiger partial charge < -0.3 is 9.84 Å². The molecule has 0 bridgehead atoms. The summed E-state index contributed by atoms with van der Waals surface area (Å²) in [7, 11) is 0. The smallest absolute Gasteiger partial charge is 0.335 e. The number of aryl methyl sites for hydroxylation is 2. The molecule has 0 atom stereocenters. The number of benzene rings is 2. The number of nitrogens with zero attached hydrogens (tertiary/aromatic N) is 2. The van der Waals surface area contributed by atoms with Crippen LogP contribution in [0.25, 0.3) is 21.3 Å². The van der Waals surface area contributed by atoms with Gasteiger partial charge >= 0.3 is 5.97 Å². The number of carboxylic acid groups (broad SMARTS) is 1. The second-order valence-electron chi connectivity index (χ2n) is 7.57. The van der Waals surface area contributed by atoms with Crippen molar-refractivity contribution < 1.29 is 14.6 Å². The zero-order valence-electron chi connectivity index (χ0n) is 18.0. The van der Waals surface area contributed by atoms with E-state index >= 15 is 0 Å². The molecule has 0 radical (unpaired) electrons. The first kappa shape index (κ1) is 21.8. The minimum absolute atomic E-state index is 0.0190. The van der Waals surface area contributed by atoms with E-state index in [1.165, 1.54) is 29.0 Å². The molecule has 6 nitrogen and oxygen atoms in total. The van der Waals surface area contributed by atoms with E-state index in [0.29, 0.717) is 37.1 Å². The maximum Gasteiger partial charge on any atom is 0.335 e. The third kappa shape index (κ3) is 4.43. The standard InChI is InChI=1S/C25H24N2O4S/c1-3-21-26-23-22(20(15-32-23)17-7-5-16(2)6-8-17)24(28)27(21)13-4-14-31-19-11-9-18(10-12-19)25(29)30/h5-12,15H,3-4,13-14H2,1-2H3,(H,29,30). The third-order valence-electron chi connectivity index (χ3n) is 5.35. The summed E-state index contributed by atoms with van der Waals surface area (Å²) in [6.07, 6.45) is 1.30. The van der Waals surface area contributed by atoms with E-state index in [9.17, 15) is 9.59 Å². The van der Waals surface area contributed by atoms with Gasteiger partial charge in [-0.2, -0.15) is 0 Å². The predicted octanol–water partition coefficient (Wildman–Crippen LogP) is 5.16. The van der Waals surface area contributed by atoms with Crippen molar-refractivity contribution in [1.82, 2.24) is 9.55 Å². The Hall–Kier alpha value is -3.45. The maximum atomic E-state index is 13.4. The van der Waals surface area contributed by atoms with Gasteiger partial charge in [0.25, 0.3) is 5.56 Å². The van der Waals surface area contributed by atoms with Crippen LogP contribution in [0.3, 0.4) is 0 Å². The zero-order chi connectivity index (χ0) is 22.7. The Morgan fingerprint density at radius 1 is 1.12 bits per heavy atom. The van der Waals surface area contributed by atoms with Crippen LogP contribution in [-0.4, -0.2) is 27.2 Å². The van der Waals surface area contributed by atoms with Gasteiger partial charge in [0.05, 0.1) is 17.6 Å². The molecule has 4 rings (SSSR count). The molecule has 0 aliphatic rings. The lowest BCUT2D eigenvalue weighted by atomic mass is 10.0. The summed E-state index contributed by atoms with van der Waals surface area (Å²) in [6, 6.07) is 14.5. The van der Waals surface area contributed by atoms with E-state index in [1.807, 2.05) is 43.5 Å². The lowest BCUT2D eigenvalue weighted by molar-refractivity contribution is 0.0697. The van der Waals surface area contributed by atoms with Crippen LogP contribution in [-0.2, 0) is 13.0 Å². The molecule has 1 N–H and O–H groups in total. The monoisotopic (exact) mass is 448 g/mol. The second-order valence-corrected chi connectivity index (χ2v) is 8.42. The summed E-state index contributed by atoms with van der Waals surface area (Å²) in [4.78, 5) is 29.9. The number of carboxylic acids is 1. The van der Waals surface area contributed by atoms with Gasteiger partial charge in [0.2, 0.25) is 0 Å². The van der Waals surface area contributed by atoms with Crippen molar-refractivity contribution in [3.63, 3.8) is 0 Å². The Labute approximate surface area is 189 Å². The van der Waals surface area contributed by atoms with E-state index in [4.69, 9.17) is 14.8 Å². The van der Waals surface area contributed by atoms with Gasteiger partial charge in [-0.3, -0.25) is 9.36 Å². The number of carbonyl (C=O) groups is 1. The minimum Gasteiger partial charge on any atom is -0.494 e. The molecule has 0 fully saturated rings. The molecule has 0 saturated heterocycles. The maximum absolute atomic E-state index is 13.4. The number of rotatable bonds is 8. The fourth-order valence-corrected chi connectivity index (χ4v) is 4.58. The van der Waals surface area contributed by atoms with Crippen LogP contribution < -0.4 is 10.3 Å². The van der Waals surface area contributed by atoms with Crippen LogP contribution in [0.1, 0.15) is 35.1 Å². The number of fused-ring (bicyclic) bond motifs is 1. The van der Waals surface area contributed by atoms with Crippen LogP contribution in [0.15, 0.2) is 58.7 Å². The molecule has 2 heterocycles. The van der Waals surface area contributed by atoms with Crippen molar-refractivity contribution in [2.75, 3.05) is 6.61 Å². The first-order chi connectivity index (χ1) is 15.5. The van der Waals surface area contributed by atoms with Crippen molar-refractivity contribution >= 4 is 27.5 Å². The van der Waals surface area contributed by atoms with Crippen molar-refractivity contribution in [1.29, 1.82) is 0 Å². The Balaban J connectivity index is 1.54. The molecule has 4 aromatic rings. The van der Waals surface area contributed by atoms with Gasteiger partial charge in [-0.15, -0.1) is 11.3 Å². The predicted molar refractivity (Wildman–Crippen MR) is 127 cm³/mol. The molecule has 0 unspecified atom stereocenters. The Morgan fingerprint density at radius 2 is 1.84 bits per heavy atom. The fourth-order valence-electron chi connectivity index (χ4n) is 3.62. The molecule has 0 spiro atoms. The van der Waals surface area contributed by atoms with E-state index in [2.05, 4.69) is 0 Å². The summed E-state index contributed by atoms with van der Waals surface area (Å²) in [5.41, 5.74) is 3.32. The molecule has 2 aromatic carbocycles. The molecule has 32 heavy (non-hydrogen) atoms. The van der Waals surface area contributed by atoms with E-state index in [0.717, 1.165) is 21.8 Å². The van der Waals surface area contributed by atoms with Gasteiger partial charge in [-0.1, -0.05) is 36.8 Å². The number of hydrogen-bond acceptors (Lipinski definition) is 5. The summed E-state index contributed by atoms with van der Waals surface area (Å²) in [5, 5.41) is 11.7. The summed E-state index contributed by atoms with van der Waals surface area (Å²) >= 11 is 1.50. The van der Waals surface area contributed by atoms with E-state index in [-0.39, 0.29) is 11.1 Å². The average molecular weight is 449 g/mol.